The van der Waals surface area contributed by atoms with Gasteiger partial charge < -0.3 is 4.74 Å². The van der Waals surface area contributed by atoms with Crippen LogP contribution < -0.4 is 15.4 Å². The van der Waals surface area contributed by atoms with Gasteiger partial charge in [0.15, 0.2) is 0 Å². The van der Waals surface area contributed by atoms with Crippen LogP contribution in [0, 0.1) is 16.7 Å². The Morgan fingerprint density at radius 3 is 2.67 bits per heavy atom. The Morgan fingerprint density at radius 1 is 1.20 bits per heavy atom. The molecule has 3 heterocycles. The molecule has 0 bridgehead atoms. The predicted molar refractivity (Wildman–Crippen MR) is 105 cm³/mol. The second-order valence-electron chi connectivity index (χ2n) is 6.86. The molecule has 2 N–H and O–H groups in total. The van der Waals surface area contributed by atoms with Gasteiger partial charge in [0, 0.05) is 31.1 Å². The van der Waals surface area contributed by atoms with Gasteiger partial charge in [-0.25, -0.2) is 9.78 Å². The Bertz CT molecular complexity index is 1140. The lowest BCUT2D eigenvalue weighted by Crippen LogP contribution is -2.39. The first kappa shape index (κ1) is 19.1. The van der Waals surface area contributed by atoms with E-state index in [4.69, 9.17) is 10.00 Å². The number of carbonyl (C=O) groups excluding carboxylic acids is 2. The molecule has 0 saturated heterocycles. The highest BCUT2D eigenvalue weighted by Crippen LogP contribution is 2.44. The fraction of sp³-hybridized carbons (Fsp3) is 0.200. The summed E-state index contributed by atoms with van der Waals surface area (Å²) >= 11 is 0. The number of imide groups is 1. The Morgan fingerprint density at radius 2 is 2.03 bits per heavy atom. The van der Waals surface area contributed by atoms with Gasteiger partial charge in [-0.3, -0.25) is 25.1 Å². The highest BCUT2D eigenvalue weighted by atomic mass is 16.5. The minimum Gasteiger partial charge on any atom is -0.456 e. The smallest absolute Gasteiger partial charge is 0.327 e. The zero-order chi connectivity index (χ0) is 21.1. The van der Waals surface area contributed by atoms with Crippen LogP contribution in [0.1, 0.15) is 12.8 Å². The summed E-state index contributed by atoms with van der Waals surface area (Å²) in [5.41, 5.74) is 0.520. The van der Waals surface area contributed by atoms with E-state index in [1.807, 2.05) is 19.3 Å². The molecule has 1 aliphatic carbocycles. The average Bonchev–Trinajstić information content (AvgIpc) is 3.43. The number of urea groups is 1. The van der Waals surface area contributed by atoms with Crippen molar-refractivity contribution in [3.63, 3.8) is 0 Å². The SMILES string of the molecule is Cn1cc(-c2cc(Oc3ccc(NC(=O)NC(=O)C4(C#N)CC4)nc3)ccn2)cn1. The zero-order valence-electron chi connectivity index (χ0n) is 16.0. The number of amides is 3. The third-order valence-electron chi connectivity index (χ3n) is 4.57. The van der Waals surface area contributed by atoms with Crippen molar-refractivity contribution in [1.29, 1.82) is 5.26 Å². The van der Waals surface area contributed by atoms with E-state index in [1.165, 1.54) is 6.20 Å². The van der Waals surface area contributed by atoms with Gasteiger partial charge in [0.25, 0.3) is 0 Å². The molecule has 3 aromatic heterocycles. The van der Waals surface area contributed by atoms with Gasteiger partial charge in [-0.1, -0.05) is 0 Å². The molecule has 150 valence electrons. The second kappa shape index (κ2) is 7.63. The molecule has 1 fully saturated rings. The van der Waals surface area contributed by atoms with Gasteiger partial charge in [0.05, 0.1) is 24.2 Å². The number of nitrogens with zero attached hydrogens (tertiary/aromatic N) is 5. The first-order valence-corrected chi connectivity index (χ1v) is 9.10. The Balaban J connectivity index is 1.36. The summed E-state index contributed by atoms with van der Waals surface area (Å²) in [6.45, 7) is 0. The van der Waals surface area contributed by atoms with E-state index in [2.05, 4.69) is 25.7 Å². The van der Waals surface area contributed by atoms with Gasteiger partial charge in [-0.05, 0) is 31.0 Å². The molecule has 10 heteroatoms. The molecule has 3 amide bonds. The Kier molecular flexibility index (Phi) is 4.85. The average molecular weight is 403 g/mol. The number of aryl methyl sites for hydroxylation is 1. The van der Waals surface area contributed by atoms with Crippen molar-refractivity contribution in [1.82, 2.24) is 25.1 Å². The van der Waals surface area contributed by atoms with Gasteiger partial charge in [-0.2, -0.15) is 10.4 Å². The number of pyridine rings is 2. The number of anilines is 1. The first-order chi connectivity index (χ1) is 14.5. The maximum Gasteiger partial charge on any atom is 0.327 e. The summed E-state index contributed by atoms with van der Waals surface area (Å²) in [7, 11) is 1.83. The molecule has 0 radical (unpaired) electrons. The maximum absolute atomic E-state index is 11.9. The van der Waals surface area contributed by atoms with Crippen molar-refractivity contribution in [3.05, 3.63) is 49.1 Å². The second-order valence-corrected chi connectivity index (χ2v) is 6.86. The molecule has 0 aromatic carbocycles. The number of aromatic nitrogens is 4. The van der Waals surface area contributed by atoms with Gasteiger partial charge in [0.1, 0.15) is 22.7 Å². The molecule has 3 aromatic rings. The highest BCUT2D eigenvalue weighted by molar-refractivity contribution is 6.04. The van der Waals surface area contributed by atoms with Gasteiger partial charge in [-0.15, -0.1) is 0 Å². The van der Waals surface area contributed by atoms with Crippen molar-refractivity contribution in [2.24, 2.45) is 12.5 Å². The molecular formula is C20H17N7O3. The Labute approximate surface area is 171 Å². The normalized spacial score (nSPS) is 13.7. The molecule has 4 rings (SSSR count). The molecule has 0 spiro atoms. The van der Waals surface area contributed by atoms with Crippen LogP contribution in [0.3, 0.4) is 0 Å². The van der Waals surface area contributed by atoms with Crippen molar-refractivity contribution >= 4 is 17.8 Å². The molecule has 10 nitrogen and oxygen atoms in total. The standard InChI is InChI=1S/C20H17N7O3/c1-27-11-13(9-24-27)16-8-14(4-7-22-16)30-15-2-3-17(23-10-15)25-19(29)26-18(28)20(12-21)5-6-20/h2-4,7-11H,5-6H2,1H3,(H2,23,25,26,28,29). The Hall–Kier alpha value is -4.26. The van der Waals surface area contributed by atoms with E-state index in [0.29, 0.717) is 24.3 Å². The van der Waals surface area contributed by atoms with Crippen LogP contribution in [-0.4, -0.2) is 31.7 Å². The van der Waals surface area contributed by atoms with Crippen LogP contribution in [0.5, 0.6) is 11.5 Å². The predicted octanol–water partition coefficient (Wildman–Crippen LogP) is 2.62. The fourth-order valence-electron chi connectivity index (χ4n) is 2.72. The largest absolute Gasteiger partial charge is 0.456 e. The first-order valence-electron chi connectivity index (χ1n) is 9.10. The van der Waals surface area contributed by atoms with Gasteiger partial charge in [0.2, 0.25) is 5.91 Å². The van der Waals surface area contributed by atoms with Crippen LogP contribution >= 0.6 is 0 Å². The topological polar surface area (TPSA) is 135 Å². The summed E-state index contributed by atoms with van der Waals surface area (Å²) in [4.78, 5) is 32.2. The van der Waals surface area contributed by atoms with Crippen LogP contribution in [0.15, 0.2) is 49.1 Å². The fourth-order valence-corrected chi connectivity index (χ4v) is 2.72. The minimum absolute atomic E-state index is 0.236. The highest BCUT2D eigenvalue weighted by Gasteiger charge is 2.51. The number of carbonyl (C=O) groups is 2. The summed E-state index contributed by atoms with van der Waals surface area (Å²) in [5.74, 6) is 0.674. The lowest BCUT2D eigenvalue weighted by atomic mass is 10.1. The van der Waals surface area contributed by atoms with E-state index in [1.54, 1.807) is 41.3 Å². The number of hydrogen-bond donors (Lipinski definition) is 2. The summed E-state index contributed by atoms with van der Waals surface area (Å²) < 4.78 is 7.48. The quantitative estimate of drug-likeness (QED) is 0.668. The summed E-state index contributed by atoms with van der Waals surface area (Å²) in [6.07, 6.45) is 7.57. The zero-order valence-corrected chi connectivity index (χ0v) is 16.0. The van der Waals surface area contributed by atoms with E-state index in [9.17, 15) is 9.59 Å². The van der Waals surface area contributed by atoms with Crippen molar-refractivity contribution < 1.29 is 14.3 Å². The molecule has 1 aliphatic rings. The molecular weight excluding hydrogens is 386 g/mol. The summed E-state index contributed by atoms with van der Waals surface area (Å²) in [5, 5.41) is 17.7. The third-order valence-corrected chi connectivity index (χ3v) is 4.57. The van der Waals surface area contributed by atoms with Gasteiger partial charge >= 0.3 is 6.03 Å². The molecule has 0 aliphatic heterocycles. The maximum atomic E-state index is 11.9. The van der Waals surface area contributed by atoms with E-state index >= 15 is 0 Å². The monoisotopic (exact) mass is 403 g/mol. The molecule has 0 unspecified atom stereocenters. The van der Waals surface area contributed by atoms with Crippen LogP contribution in [0.25, 0.3) is 11.3 Å². The van der Waals surface area contributed by atoms with E-state index < -0.39 is 17.4 Å². The van der Waals surface area contributed by atoms with Crippen LogP contribution in [0.4, 0.5) is 10.6 Å². The lowest BCUT2D eigenvalue weighted by Gasteiger charge is -2.09. The number of rotatable bonds is 5. The molecule has 30 heavy (non-hydrogen) atoms. The molecule has 1 saturated carbocycles. The number of nitriles is 1. The third kappa shape index (κ3) is 4.10. The number of nitrogens with one attached hydrogen (secondary N) is 2. The van der Waals surface area contributed by atoms with E-state index in [0.717, 1.165) is 11.3 Å². The lowest BCUT2D eigenvalue weighted by molar-refractivity contribution is -0.123. The van der Waals surface area contributed by atoms with Crippen molar-refractivity contribution in [3.8, 4) is 28.8 Å². The number of ether oxygens (including phenoxy) is 1. The minimum atomic E-state index is -1.07. The number of hydrogen-bond acceptors (Lipinski definition) is 7. The van der Waals surface area contributed by atoms with Crippen LogP contribution in [-0.2, 0) is 11.8 Å². The van der Waals surface area contributed by atoms with Crippen LogP contribution in [0.2, 0.25) is 0 Å². The summed E-state index contributed by atoms with van der Waals surface area (Å²) in [6, 6.07) is 7.87. The van der Waals surface area contributed by atoms with Crippen molar-refractivity contribution in [2.75, 3.05) is 5.32 Å². The van der Waals surface area contributed by atoms with E-state index in [-0.39, 0.29) is 5.82 Å². The molecule has 0 atom stereocenters. The van der Waals surface area contributed by atoms with Crippen molar-refractivity contribution in [2.45, 2.75) is 12.8 Å².